The molecule has 4 rings (SSSR count). The summed E-state index contributed by atoms with van der Waals surface area (Å²) in [6.07, 6.45) is 0. The monoisotopic (exact) mass is 432 g/mol. The molecule has 0 saturated carbocycles. The summed E-state index contributed by atoms with van der Waals surface area (Å²) in [5.41, 5.74) is 3.64. The van der Waals surface area contributed by atoms with Gasteiger partial charge in [0.1, 0.15) is 5.75 Å². The summed E-state index contributed by atoms with van der Waals surface area (Å²) < 4.78 is 6.24. The second-order valence-corrected chi connectivity index (χ2v) is 7.15. The van der Waals surface area contributed by atoms with Crippen LogP contribution in [-0.4, -0.2) is 18.0 Å². The van der Waals surface area contributed by atoms with E-state index in [0.29, 0.717) is 17.0 Å². The summed E-state index contributed by atoms with van der Waals surface area (Å²) in [6.45, 7) is 0. The number of amides is 1. The van der Waals surface area contributed by atoms with Crippen molar-refractivity contribution in [3.05, 3.63) is 88.9 Å². The van der Waals surface area contributed by atoms with Crippen LogP contribution in [-0.2, 0) is 0 Å². The second kappa shape index (κ2) is 7.82. The number of carbonyl (C=O) groups excluding carboxylic acids is 1. The van der Waals surface area contributed by atoms with Gasteiger partial charge in [0.05, 0.1) is 29.6 Å². The zero-order valence-corrected chi connectivity index (χ0v) is 16.7. The molecular weight excluding hydrogens is 416 g/mol. The molecule has 5 heteroatoms. The van der Waals surface area contributed by atoms with E-state index in [2.05, 4.69) is 21.2 Å². The number of pyridine rings is 1. The van der Waals surface area contributed by atoms with E-state index in [0.717, 1.165) is 26.6 Å². The molecule has 1 heterocycles. The van der Waals surface area contributed by atoms with E-state index >= 15 is 0 Å². The first-order valence-electron chi connectivity index (χ1n) is 8.76. The number of nitrogens with one attached hydrogen (secondary N) is 1. The molecule has 138 valence electrons. The van der Waals surface area contributed by atoms with Crippen molar-refractivity contribution in [3.63, 3.8) is 0 Å². The SMILES string of the molecule is COc1ccccc1NC(=O)c1cc(-c2ccccc2)nc2ccc(Br)cc12. The highest BCUT2D eigenvalue weighted by Gasteiger charge is 2.16. The van der Waals surface area contributed by atoms with Crippen molar-refractivity contribution in [2.45, 2.75) is 0 Å². The number of aromatic nitrogens is 1. The highest BCUT2D eigenvalue weighted by atomic mass is 79.9. The van der Waals surface area contributed by atoms with Gasteiger partial charge in [-0.25, -0.2) is 4.98 Å². The second-order valence-electron chi connectivity index (χ2n) is 6.24. The first kappa shape index (κ1) is 18.2. The topological polar surface area (TPSA) is 51.2 Å². The fourth-order valence-electron chi connectivity index (χ4n) is 3.08. The highest BCUT2D eigenvalue weighted by molar-refractivity contribution is 9.10. The van der Waals surface area contributed by atoms with Crippen LogP contribution in [0.1, 0.15) is 10.4 Å². The van der Waals surface area contributed by atoms with Crippen LogP contribution in [0.25, 0.3) is 22.2 Å². The lowest BCUT2D eigenvalue weighted by Gasteiger charge is -2.13. The third-order valence-corrected chi connectivity index (χ3v) is 4.93. The normalized spacial score (nSPS) is 10.6. The van der Waals surface area contributed by atoms with Crippen molar-refractivity contribution in [3.8, 4) is 17.0 Å². The molecule has 0 saturated heterocycles. The predicted molar refractivity (Wildman–Crippen MR) is 116 cm³/mol. The Labute approximate surface area is 171 Å². The molecule has 1 N–H and O–H groups in total. The molecule has 0 fully saturated rings. The molecule has 3 aromatic carbocycles. The number of rotatable bonds is 4. The van der Waals surface area contributed by atoms with Crippen LogP contribution in [0.15, 0.2) is 83.3 Å². The Morgan fingerprint density at radius 1 is 0.964 bits per heavy atom. The molecule has 0 atom stereocenters. The van der Waals surface area contributed by atoms with Crippen LogP contribution in [0.4, 0.5) is 5.69 Å². The van der Waals surface area contributed by atoms with Crippen molar-refractivity contribution in [1.29, 1.82) is 0 Å². The first-order chi connectivity index (χ1) is 13.7. The number of fused-ring (bicyclic) bond motifs is 1. The van der Waals surface area contributed by atoms with E-state index in [-0.39, 0.29) is 5.91 Å². The largest absolute Gasteiger partial charge is 0.495 e. The van der Waals surface area contributed by atoms with Crippen LogP contribution < -0.4 is 10.1 Å². The van der Waals surface area contributed by atoms with Gasteiger partial charge in [0.15, 0.2) is 0 Å². The van der Waals surface area contributed by atoms with Gasteiger partial charge >= 0.3 is 0 Å². The molecule has 0 radical (unpaired) electrons. The lowest BCUT2D eigenvalue weighted by Crippen LogP contribution is -2.13. The smallest absolute Gasteiger partial charge is 0.256 e. The minimum absolute atomic E-state index is 0.216. The average molecular weight is 433 g/mol. The van der Waals surface area contributed by atoms with Crippen molar-refractivity contribution in [2.75, 3.05) is 12.4 Å². The molecule has 0 aliphatic carbocycles. The molecule has 28 heavy (non-hydrogen) atoms. The zero-order valence-electron chi connectivity index (χ0n) is 15.1. The number of carbonyl (C=O) groups is 1. The number of hydrogen-bond donors (Lipinski definition) is 1. The molecule has 0 aliphatic rings. The van der Waals surface area contributed by atoms with E-state index in [1.807, 2.05) is 78.9 Å². The third-order valence-electron chi connectivity index (χ3n) is 4.44. The van der Waals surface area contributed by atoms with Crippen molar-refractivity contribution in [1.82, 2.24) is 4.98 Å². The maximum Gasteiger partial charge on any atom is 0.256 e. The van der Waals surface area contributed by atoms with Crippen molar-refractivity contribution >= 4 is 38.4 Å². The van der Waals surface area contributed by atoms with E-state index in [4.69, 9.17) is 9.72 Å². The maximum absolute atomic E-state index is 13.2. The Kier molecular flexibility index (Phi) is 5.08. The fraction of sp³-hybridized carbons (Fsp3) is 0.0435. The molecule has 4 nitrogen and oxygen atoms in total. The summed E-state index contributed by atoms with van der Waals surface area (Å²) in [6, 6.07) is 24.7. The van der Waals surface area contributed by atoms with E-state index in [1.165, 1.54) is 0 Å². The minimum atomic E-state index is -0.216. The lowest BCUT2D eigenvalue weighted by atomic mass is 10.0. The van der Waals surface area contributed by atoms with Crippen LogP contribution in [0.3, 0.4) is 0 Å². The van der Waals surface area contributed by atoms with Crippen LogP contribution in [0.5, 0.6) is 5.75 Å². The number of ether oxygens (including phenoxy) is 1. The van der Waals surface area contributed by atoms with Crippen LogP contribution in [0, 0.1) is 0 Å². The van der Waals surface area contributed by atoms with Gasteiger partial charge < -0.3 is 10.1 Å². The van der Waals surface area contributed by atoms with E-state index < -0.39 is 0 Å². The minimum Gasteiger partial charge on any atom is -0.495 e. The molecular formula is C23H17BrN2O2. The van der Waals surface area contributed by atoms with Gasteiger partial charge in [-0.2, -0.15) is 0 Å². The number of hydrogen-bond acceptors (Lipinski definition) is 3. The maximum atomic E-state index is 13.2. The van der Waals surface area contributed by atoms with Gasteiger partial charge in [-0.05, 0) is 36.4 Å². The van der Waals surface area contributed by atoms with Gasteiger partial charge in [0.2, 0.25) is 0 Å². The van der Waals surface area contributed by atoms with Crippen molar-refractivity contribution in [2.24, 2.45) is 0 Å². The Morgan fingerprint density at radius 3 is 2.50 bits per heavy atom. The molecule has 1 amide bonds. The van der Waals surface area contributed by atoms with Gasteiger partial charge in [-0.3, -0.25) is 4.79 Å². The Hall–Kier alpha value is -3.18. The predicted octanol–water partition coefficient (Wildman–Crippen LogP) is 5.93. The molecule has 0 spiro atoms. The standard InChI is InChI=1S/C23H17BrN2O2/c1-28-22-10-6-5-9-20(22)26-23(27)18-14-21(15-7-3-2-4-8-15)25-19-12-11-16(24)13-17(18)19/h2-14H,1H3,(H,26,27). The number of methoxy groups -OCH3 is 1. The summed E-state index contributed by atoms with van der Waals surface area (Å²) in [5, 5.41) is 3.74. The third kappa shape index (κ3) is 3.62. The van der Waals surface area contributed by atoms with E-state index in [9.17, 15) is 4.79 Å². The lowest BCUT2D eigenvalue weighted by molar-refractivity contribution is 0.102. The summed E-state index contributed by atoms with van der Waals surface area (Å²) in [5.74, 6) is 0.394. The Morgan fingerprint density at radius 2 is 1.71 bits per heavy atom. The Balaban J connectivity index is 1.84. The molecule has 0 bridgehead atoms. The highest BCUT2D eigenvalue weighted by Crippen LogP contribution is 2.29. The van der Waals surface area contributed by atoms with Gasteiger partial charge in [0, 0.05) is 15.4 Å². The van der Waals surface area contributed by atoms with Gasteiger partial charge in [0.25, 0.3) is 5.91 Å². The molecule has 4 aromatic rings. The first-order valence-corrected chi connectivity index (χ1v) is 9.55. The molecule has 0 unspecified atom stereocenters. The number of anilines is 1. The van der Waals surface area contributed by atoms with Crippen LogP contribution in [0.2, 0.25) is 0 Å². The quantitative estimate of drug-likeness (QED) is 0.434. The fourth-order valence-corrected chi connectivity index (χ4v) is 3.44. The van der Waals surface area contributed by atoms with Gasteiger partial charge in [-0.15, -0.1) is 0 Å². The summed E-state index contributed by atoms with van der Waals surface area (Å²) in [7, 11) is 1.58. The Bertz CT molecular complexity index is 1160. The zero-order chi connectivity index (χ0) is 19.5. The molecule has 0 aliphatic heterocycles. The number of para-hydroxylation sites is 2. The number of benzene rings is 3. The van der Waals surface area contributed by atoms with Gasteiger partial charge in [-0.1, -0.05) is 58.4 Å². The average Bonchev–Trinajstić information content (AvgIpc) is 2.74. The number of nitrogens with zero attached hydrogens (tertiary/aromatic N) is 1. The summed E-state index contributed by atoms with van der Waals surface area (Å²) in [4.78, 5) is 17.9. The van der Waals surface area contributed by atoms with E-state index in [1.54, 1.807) is 7.11 Å². The van der Waals surface area contributed by atoms with Crippen LogP contribution >= 0.6 is 15.9 Å². The number of halogens is 1. The molecule has 1 aromatic heterocycles. The summed E-state index contributed by atoms with van der Waals surface area (Å²) >= 11 is 3.49. The van der Waals surface area contributed by atoms with Crippen molar-refractivity contribution < 1.29 is 9.53 Å².